The smallest absolute Gasteiger partial charge is 0.249 e. The van der Waals surface area contributed by atoms with Crippen molar-refractivity contribution in [1.82, 2.24) is 9.55 Å². The largest absolute Gasteiger partial charge is 0.494 e. The average Bonchev–Trinajstić information content (AvgIpc) is 3.33. The van der Waals surface area contributed by atoms with Crippen LogP contribution in [-0.2, 0) is 4.79 Å². The van der Waals surface area contributed by atoms with Gasteiger partial charge in [-0.3, -0.25) is 4.79 Å². The minimum Gasteiger partial charge on any atom is -0.494 e. The first-order chi connectivity index (χ1) is 14.7. The summed E-state index contributed by atoms with van der Waals surface area (Å²) < 4.78 is 2.80. The van der Waals surface area contributed by atoms with Gasteiger partial charge in [0.2, 0.25) is 5.91 Å². The van der Waals surface area contributed by atoms with Crippen LogP contribution < -0.4 is 5.32 Å². The van der Waals surface area contributed by atoms with Gasteiger partial charge in [-0.15, -0.1) is 0 Å². The third kappa shape index (κ3) is 3.67. The summed E-state index contributed by atoms with van der Waals surface area (Å²) in [7, 11) is 0. The summed E-state index contributed by atoms with van der Waals surface area (Å²) >= 11 is 1.48. The van der Waals surface area contributed by atoms with Crippen LogP contribution in [0.5, 0.6) is 5.88 Å². The maximum Gasteiger partial charge on any atom is 0.249 e. The molecule has 0 spiro atoms. The molecule has 5 rings (SSSR count). The monoisotopic (exact) mass is 419 g/mol. The Morgan fingerprint density at radius 1 is 1.13 bits per heavy atom. The molecule has 0 bridgehead atoms. The first-order valence-electron chi connectivity index (χ1n) is 10.6. The number of anilines is 1. The number of hydrogen-bond donors (Lipinski definition) is 2. The highest BCUT2D eigenvalue weighted by atomic mass is 32.1. The Labute approximate surface area is 179 Å². The molecule has 2 aromatic heterocycles. The van der Waals surface area contributed by atoms with E-state index in [0.29, 0.717) is 11.0 Å². The number of aromatic nitrogens is 2. The number of rotatable bonds is 5. The van der Waals surface area contributed by atoms with Crippen LogP contribution in [0.1, 0.15) is 44.6 Å². The van der Waals surface area contributed by atoms with Crippen LogP contribution in [0, 0.1) is 5.92 Å². The van der Waals surface area contributed by atoms with E-state index in [1.165, 1.54) is 30.6 Å². The lowest BCUT2D eigenvalue weighted by molar-refractivity contribution is -0.120. The van der Waals surface area contributed by atoms with E-state index in [2.05, 4.69) is 10.3 Å². The standard InChI is InChI=1S/C24H25N3O2S/c28-22(26-24-25-19-12-6-7-13-21(19)30-24)20(14-16-8-2-1-3-9-16)27-15-17-10-4-5-11-18(17)23(27)29/h4-7,10-13,15-16,20,29H,1-3,8-9,14H2,(H,25,26,28)/t20-/m0/s1. The number of benzene rings is 2. The van der Waals surface area contributed by atoms with Gasteiger partial charge < -0.3 is 15.0 Å². The van der Waals surface area contributed by atoms with Crippen molar-refractivity contribution in [3.8, 4) is 5.88 Å². The van der Waals surface area contributed by atoms with Gasteiger partial charge in [0.05, 0.1) is 10.2 Å². The fourth-order valence-corrected chi connectivity index (χ4v) is 5.47. The van der Waals surface area contributed by atoms with Crippen molar-refractivity contribution in [1.29, 1.82) is 0 Å². The van der Waals surface area contributed by atoms with Crippen molar-refractivity contribution in [2.45, 2.75) is 44.6 Å². The van der Waals surface area contributed by atoms with E-state index >= 15 is 0 Å². The van der Waals surface area contributed by atoms with Crippen LogP contribution in [0.2, 0.25) is 0 Å². The van der Waals surface area contributed by atoms with Gasteiger partial charge in [0.1, 0.15) is 6.04 Å². The molecule has 0 saturated heterocycles. The predicted molar refractivity (Wildman–Crippen MR) is 122 cm³/mol. The fourth-order valence-electron chi connectivity index (χ4n) is 4.60. The third-order valence-electron chi connectivity index (χ3n) is 6.17. The number of nitrogens with one attached hydrogen (secondary N) is 1. The Morgan fingerprint density at radius 2 is 1.90 bits per heavy atom. The van der Waals surface area contributed by atoms with E-state index in [0.717, 1.165) is 40.3 Å². The van der Waals surface area contributed by atoms with Crippen LogP contribution in [0.3, 0.4) is 0 Å². The normalized spacial score (nSPS) is 16.1. The Balaban J connectivity index is 1.47. The first-order valence-corrected chi connectivity index (χ1v) is 11.5. The average molecular weight is 420 g/mol. The minimum atomic E-state index is -0.465. The zero-order valence-electron chi connectivity index (χ0n) is 16.8. The van der Waals surface area contributed by atoms with Crippen molar-refractivity contribution >= 4 is 43.4 Å². The van der Waals surface area contributed by atoms with Crippen molar-refractivity contribution in [3.05, 3.63) is 54.7 Å². The highest BCUT2D eigenvalue weighted by molar-refractivity contribution is 7.22. The zero-order valence-corrected chi connectivity index (χ0v) is 17.6. The number of hydrogen-bond acceptors (Lipinski definition) is 4. The summed E-state index contributed by atoms with van der Waals surface area (Å²) in [6.45, 7) is 0. The number of aromatic hydroxyl groups is 1. The second kappa shape index (κ2) is 8.11. The second-order valence-electron chi connectivity index (χ2n) is 8.18. The van der Waals surface area contributed by atoms with Crippen LogP contribution in [0.4, 0.5) is 5.13 Å². The molecule has 1 amide bonds. The van der Waals surface area contributed by atoms with Gasteiger partial charge in [0.15, 0.2) is 11.0 Å². The van der Waals surface area contributed by atoms with Gasteiger partial charge in [-0.25, -0.2) is 4.98 Å². The number of carbonyl (C=O) groups is 1. The van der Waals surface area contributed by atoms with Crippen LogP contribution in [0.25, 0.3) is 21.0 Å². The summed E-state index contributed by atoms with van der Waals surface area (Å²) in [5.74, 6) is 0.538. The van der Waals surface area contributed by atoms with E-state index in [1.54, 1.807) is 4.57 Å². The Hall–Kier alpha value is -2.86. The van der Waals surface area contributed by atoms with E-state index in [-0.39, 0.29) is 11.8 Å². The van der Waals surface area contributed by atoms with Gasteiger partial charge >= 0.3 is 0 Å². The molecule has 1 aliphatic carbocycles. The maximum atomic E-state index is 13.4. The summed E-state index contributed by atoms with van der Waals surface area (Å²) in [6, 6.07) is 15.1. The number of nitrogens with zero attached hydrogens (tertiary/aromatic N) is 2. The van der Waals surface area contributed by atoms with E-state index in [9.17, 15) is 9.90 Å². The fraction of sp³-hybridized carbons (Fsp3) is 0.333. The summed E-state index contributed by atoms with van der Waals surface area (Å²) in [6.07, 6.45) is 8.63. The van der Waals surface area contributed by atoms with Crippen LogP contribution in [0.15, 0.2) is 54.7 Å². The number of thiazole rings is 1. The number of amides is 1. The molecule has 6 heteroatoms. The molecule has 2 aromatic carbocycles. The van der Waals surface area contributed by atoms with Crippen LogP contribution in [-0.4, -0.2) is 20.6 Å². The van der Waals surface area contributed by atoms with Crippen molar-refractivity contribution in [3.63, 3.8) is 0 Å². The summed E-state index contributed by atoms with van der Waals surface area (Å²) in [5, 5.41) is 16.2. The lowest BCUT2D eigenvalue weighted by atomic mass is 9.84. The van der Waals surface area contributed by atoms with Crippen molar-refractivity contribution in [2.24, 2.45) is 5.92 Å². The third-order valence-corrected chi connectivity index (χ3v) is 7.12. The molecule has 1 aliphatic rings. The number of carbonyl (C=O) groups excluding carboxylic acids is 1. The van der Waals surface area contributed by atoms with E-state index in [4.69, 9.17) is 0 Å². The first kappa shape index (κ1) is 19.1. The molecular formula is C24H25N3O2S. The summed E-state index contributed by atoms with van der Waals surface area (Å²) in [4.78, 5) is 18.0. The van der Waals surface area contributed by atoms with Gasteiger partial charge in [-0.2, -0.15) is 0 Å². The molecular weight excluding hydrogens is 394 g/mol. The molecule has 2 heterocycles. The molecule has 1 atom stereocenters. The molecule has 1 fully saturated rings. The number of para-hydroxylation sites is 1. The Morgan fingerprint density at radius 3 is 2.70 bits per heavy atom. The highest BCUT2D eigenvalue weighted by Crippen LogP contribution is 2.37. The minimum absolute atomic E-state index is 0.116. The molecule has 0 aliphatic heterocycles. The summed E-state index contributed by atoms with van der Waals surface area (Å²) in [5.41, 5.74) is 0.885. The Bertz CT molecular complexity index is 1160. The molecule has 30 heavy (non-hydrogen) atoms. The molecule has 4 aromatic rings. The zero-order chi connectivity index (χ0) is 20.5. The van der Waals surface area contributed by atoms with Gasteiger partial charge in [0, 0.05) is 17.0 Å². The molecule has 1 saturated carbocycles. The van der Waals surface area contributed by atoms with Crippen molar-refractivity contribution in [2.75, 3.05) is 5.32 Å². The van der Waals surface area contributed by atoms with E-state index < -0.39 is 6.04 Å². The molecule has 5 nitrogen and oxygen atoms in total. The molecule has 0 radical (unpaired) electrons. The van der Waals surface area contributed by atoms with Crippen molar-refractivity contribution < 1.29 is 9.90 Å². The lowest BCUT2D eigenvalue weighted by Crippen LogP contribution is -2.28. The highest BCUT2D eigenvalue weighted by Gasteiger charge is 2.29. The predicted octanol–water partition coefficient (Wildman–Crippen LogP) is 6.11. The molecule has 2 N–H and O–H groups in total. The Kier molecular flexibility index (Phi) is 5.17. The lowest BCUT2D eigenvalue weighted by Gasteiger charge is -2.27. The molecule has 0 unspecified atom stereocenters. The SMILES string of the molecule is O=C(Nc1nc2ccccc2s1)[C@H](CC1CCCCC1)n1cc2ccccc2c1O. The van der Waals surface area contributed by atoms with Crippen LogP contribution >= 0.6 is 11.3 Å². The van der Waals surface area contributed by atoms with Gasteiger partial charge in [-0.1, -0.05) is 73.8 Å². The van der Waals surface area contributed by atoms with Gasteiger partial charge in [-0.05, 0) is 30.5 Å². The topological polar surface area (TPSA) is 67.2 Å². The molecule has 154 valence electrons. The number of fused-ring (bicyclic) bond motifs is 2. The van der Waals surface area contributed by atoms with E-state index in [1.807, 2.05) is 54.7 Å². The van der Waals surface area contributed by atoms with Gasteiger partial charge in [0.25, 0.3) is 0 Å². The second-order valence-corrected chi connectivity index (χ2v) is 9.21. The quantitative estimate of drug-likeness (QED) is 0.410. The maximum absolute atomic E-state index is 13.4.